The zero-order chi connectivity index (χ0) is 13.8. The largest absolute Gasteiger partial charge is 0.362 e. The molecule has 0 saturated heterocycles. The van der Waals surface area contributed by atoms with Crippen molar-refractivity contribution >= 4 is 5.82 Å². The van der Waals surface area contributed by atoms with Crippen LogP contribution in [-0.2, 0) is 0 Å². The summed E-state index contributed by atoms with van der Waals surface area (Å²) in [5, 5.41) is 12.1. The average Bonchev–Trinajstić information content (AvgIpc) is 2.39. The first kappa shape index (κ1) is 12.8. The number of aryl methyl sites for hydroxylation is 1. The Morgan fingerprint density at radius 2 is 2.11 bits per heavy atom. The Bertz CT molecular complexity index is 672. The van der Waals surface area contributed by atoms with Crippen molar-refractivity contribution in [2.24, 2.45) is 0 Å². The molecule has 0 saturated carbocycles. The Labute approximate surface area is 110 Å². The van der Waals surface area contributed by atoms with E-state index in [1.807, 2.05) is 25.1 Å². The van der Waals surface area contributed by atoms with E-state index < -0.39 is 5.56 Å². The zero-order valence-electron chi connectivity index (χ0n) is 10.6. The molecule has 2 aromatic heterocycles. The lowest BCUT2D eigenvalue weighted by Crippen LogP contribution is -2.19. The number of pyridine rings is 1. The fraction of sp³-hybridized carbons (Fsp3) is 0.231. The molecule has 0 bridgehead atoms. The molecule has 0 aromatic carbocycles. The number of aromatic amines is 1. The molecule has 0 fully saturated rings. The van der Waals surface area contributed by atoms with Crippen molar-refractivity contribution in [2.75, 3.05) is 5.32 Å². The van der Waals surface area contributed by atoms with Crippen LogP contribution < -0.4 is 10.9 Å². The molecule has 0 aliphatic carbocycles. The molecule has 0 spiro atoms. The van der Waals surface area contributed by atoms with Crippen molar-refractivity contribution in [3.05, 3.63) is 51.8 Å². The first-order valence-electron chi connectivity index (χ1n) is 5.79. The average molecular weight is 255 g/mol. The van der Waals surface area contributed by atoms with Gasteiger partial charge in [-0.2, -0.15) is 5.26 Å². The maximum atomic E-state index is 11.6. The van der Waals surface area contributed by atoms with Gasteiger partial charge in [0.25, 0.3) is 5.56 Å². The second kappa shape index (κ2) is 5.31. The predicted octanol–water partition coefficient (Wildman–Crippen LogP) is 1.52. The van der Waals surface area contributed by atoms with Crippen molar-refractivity contribution in [1.82, 2.24) is 15.0 Å². The van der Waals surface area contributed by atoms with Crippen LogP contribution in [0.2, 0.25) is 0 Å². The Balaban J connectivity index is 2.34. The van der Waals surface area contributed by atoms with E-state index in [1.54, 1.807) is 19.3 Å². The van der Waals surface area contributed by atoms with E-state index in [4.69, 9.17) is 5.26 Å². The fourth-order valence-electron chi connectivity index (χ4n) is 1.73. The second-order valence-electron chi connectivity index (χ2n) is 4.13. The number of nitriles is 1. The highest BCUT2D eigenvalue weighted by molar-refractivity contribution is 5.51. The molecular weight excluding hydrogens is 242 g/mol. The van der Waals surface area contributed by atoms with Crippen LogP contribution in [0.5, 0.6) is 0 Å². The highest BCUT2D eigenvalue weighted by Crippen LogP contribution is 2.18. The normalized spacial score (nSPS) is 11.6. The fourth-order valence-corrected chi connectivity index (χ4v) is 1.73. The van der Waals surface area contributed by atoms with Gasteiger partial charge < -0.3 is 10.3 Å². The van der Waals surface area contributed by atoms with Gasteiger partial charge in [0.15, 0.2) is 11.4 Å². The third-order valence-electron chi connectivity index (χ3n) is 2.71. The van der Waals surface area contributed by atoms with Crippen molar-refractivity contribution in [3.8, 4) is 6.07 Å². The quantitative estimate of drug-likeness (QED) is 0.867. The lowest BCUT2D eigenvalue weighted by Gasteiger charge is -2.15. The summed E-state index contributed by atoms with van der Waals surface area (Å²) in [6, 6.07) is 5.52. The Kier molecular flexibility index (Phi) is 3.57. The minimum atomic E-state index is -0.431. The molecule has 6 nitrogen and oxygen atoms in total. The molecule has 6 heteroatoms. The predicted molar refractivity (Wildman–Crippen MR) is 70.6 cm³/mol. The van der Waals surface area contributed by atoms with E-state index in [0.29, 0.717) is 11.6 Å². The smallest absolute Gasteiger partial charge is 0.271 e. The minimum Gasteiger partial charge on any atom is -0.362 e. The molecule has 0 radical (unpaired) electrons. The van der Waals surface area contributed by atoms with Gasteiger partial charge in [-0.25, -0.2) is 4.98 Å². The van der Waals surface area contributed by atoms with Crippen molar-refractivity contribution < 1.29 is 0 Å². The summed E-state index contributed by atoms with van der Waals surface area (Å²) < 4.78 is 0. The van der Waals surface area contributed by atoms with Crippen LogP contribution in [0.4, 0.5) is 5.82 Å². The van der Waals surface area contributed by atoms with Gasteiger partial charge >= 0.3 is 0 Å². The summed E-state index contributed by atoms with van der Waals surface area (Å²) in [6.07, 6.45) is 3.38. The van der Waals surface area contributed by atoms with E-state index >= 15 is 0 Å². The molecule has 2 aromatic rings. The lowest BCUT2D eigenvalue weighted by atomic mass is 10.1. The number of H-pyrrole nitrogens is 1. The Morgan fingerprint density at radius 3 is 2.74 bits per heavy atom. The molecular formula is C13H13N5O. The Morgan fingerprint density at radius 1 is 1.42 bits per heavy atom. The minimum absolute atomic E-state index is 0.00786. The van der Waals surface area contributed by atoms with Crippen molar-refractivity contribution in [3.63, 3.8) is 0 Å². The molecule has 2 heterocycles. The van der Waals surface area contributed by atoms with Crippen LogP contribution in [0.25, 0.3) is 0 Å². The zero-order valence-corrected chi connectivity index (χ0v) is 10.6. The molecule has 1 atom stereocenters. The number of aromatic nitrogens is 3. The van der Waals surface area contributed by atoms with Crippen LogP contribution >= 0.6 is 0 Å². The topological polar surface area (TPSA) is 94.5 Å². The standard InChI is InChI=1S/C13H13N5O/c1-8(10-3-5-15-6-4-10)16-12-11(7-14)13(19)18-9(2)17-12/h3-6,8H,1-2H3,(H2,16,17,18,19). The first-order chi connectivity index (χ1) is 9.11. The van der Waals surface area contributed by atoms with E-state index in [2.05, 4.69) is 20.3 Å². The summed E-state index contributed by atoms with van der Waals surface area (Å²) in [5.74, 6) is 0.765. The molecule has 0 amide bonds. The number of nitrogens with zero attached hydrogens (tertiary/aromatic N) is 3. The van der Waals surface area contributed by atoms with Crippen LogP contribution in [0.3, 0.4) is 0 Å². The number of rotatable bonds is 3. The molecule has 1 unspecified atom stereocenters. The molecule has 0 aliphatic heterocycles. The summed E-state index contributed by atoms with van der Waals surface area (Å²) >= 11 is 0. The van der Waals surface area contributed by atoms with Crippen LogP contribution in [0.15, 0.2) is 29.3 Å². The molecule has 0 aliphatic rings. The van der Waals surface area contributed by atoms with Gasteiger partial charge in [-0.1, -0.05) is 0 Å². The first-order valence-corrected chi connectivity index (χ1v) is 5.79. The van der Waals surface area contributed by atoms with E-state index in [0.717, 1.165) is 5.56 Å². The van der Waals surface area contributed by atoms with E-state index in [9.17, 15) is 4.79 Å². The summed E-state index contributed by atoms with van der Waals surface area (Å²) in [7, 11) is 0. The monoisotopic (exact) mass is 255 g/mol. The van der Waals surface area contributed by atoms with Gasteiger partial charge in [0.2, 0.25) is 0 Å². The molecule has 96 valence electrons. The third-order valence-corrected chi connectivity index (χ3v) is 2.71. The van der Waals surface area contributed by atoms with Gasteiger partial charge in [-0.05, 0) is 31.5 Å². The third kappa shape index (κ3) is 2.77. The van der Waals surface area contributed by atoms with E-state index in [1.165, 1.54) is 0 Å². The molecule has 2 rings (SSSR count). The molecule has 19 heavy (non-hydrogen) atoms. The lowest BCUT2D eigenvalue weighted by molar-refractivity contribution is 0.858. The maximum absolute atomic E-state index is 11.6. The summed E-state index contributed by atoms with van der Waals surface area (Å²) in [4.78, 5) is 22.3. The maximum Gasteiger partial charge on any atom is 0.271 e. The number of anilines is 1. The van der Waals surface area contributed by atoms with Crippen molar-refractivity contribution in [1.29, 1.82) is 5.26 Å². The van der Waals surface area contributed by atoms with Gasteiger partial charge in [0.1, 0.15) is 11.9 Å². The van der Waals surface area contributed by atoms with Crippen LogP contribution in [0.1, 0.15) is 29.9 Å². The summed E-state index contributed by atoms with van der Waals surface area (Å²) in [5.41, 5.74) is 0.560. The highest BCUT2D eigenvalue weighted by Gasteiger charge is 2.13. The van der Waals surface area contributed by atoms with Crippen LogP contribution in [0, 0.1) is 18.3 Å². The second-order valence-corrected chi connectivity index (χ2v) is 4.13. The summed E-state index contributed by atoms with van der Waals surface area (Å²) in [6.45, 7) is 3.60. The van der Waals surface area contributed by atoms with Gasteiger partial charge in [-0.15, -0.1) is 0 Å². The van der Waals surface area contributed by atoms with Gasteiger partial charge in [0, 0.05) is 12.4 Å². The molecule has 2 N–H and O–H groups in total. The van der Waals surface area contributed by atoms with Gasteiger partial charge in [0.05, 0.1) is 6.04 Å². The number of hydrogen-bond acceptors (Lipinski definition) is 5. The Hall–Kier alpha value is -2.68. The SMILES string of the molecule is Cc1nc(NC(C)c2ccncc2)c(C#N)c(=O)[nH]1. The number of nitrogens with one attached hydrogen (secondary N) is 2. The highest BCUT2D eigenvalue weighted by atomic mass is 16.1. The van der Waals surface area contributed by atoms with Crippen molar-refractivity contribution in [2.45, 2.75) is 19.9 Å². The van der Waals surface area contributed by atoms with Crippen LogP contribution in [-0.4, -0.2) is 15.0 Å². The number of hydrogen-bond donors (Lipinski definition) is 2. The van der Waals surface area contributed by atoms with Gasteiger partial charge in [-0.3, -0.25) is 9.78 Å². The van der Waals surface area contributed by atoms with E-state index in [-0.39, 0.29) is 11.6 Å².